The van der Waals surface area contributed by atoms with Crippen LogP contribution in [0.1, 0.15) is 5.56 Å². The van der Waals surface area contributed by atoms with Gasteiger partial charge in [-0.1, -0.05) is 29.5 Å². The predicted octanol–water partition coefficient (Wildman–Crippen LogP) is 4.16. The van der Waals surface area contributed by atoms with Crippen LogP contribution in [0.2, 0.25) is 0 Å². The van der Waals surface area contributed by atoms with Crippen LogP contribution in [0.5, 0.6) is 11.5 Å². The second-order valence-corrected chi connectivity index (χ2v) is 5.08. The topological polar surface area (TPSA) is 18.5 Å². The number of benzene rings is 2. The smallest absolute Gasteiger partial charge is 0.161 e. The van der Waals surface area contributed by atoms with E-state index in [-0.39, 0.29) is 0 Å². The number of aryl methyl sites for hydroxylation is 1. The van der Waals surface area contributed by atoms with Crippen LogP contribution in [0.3, 0.4) is 0 Å². The maximum Gasteiger partial charge on any atom is 0.161 e. The van der Waals surface area contributed by atoms with Crippen molar-refractivity contribution in [2.45, 2.75) is 16.7 Å². The second kappa shape index (κ2) is 5.83. The van der Waals surface area contributed by atoms with Gasteiger partial charge in [-0.2, -0.15) is 0 Å². The quantitative estimate of drug-likeness (QED) is 0.822. The highest BCUT2D eigenvalue weighted by molar-refractivity contribution is 7.99. The molecule has 0 bridgehead atoms. The van der Waals surface area contributed by atoms with Gasteiger partial charge in [-0.15, -0.1) is 0 Å². The summed E-state index contributed by atoms with van der Waals surface area (Å²) in [5.41, 5.74) is 1.27. The summed E-state index contributed by atoms with van der Waals surface area (Å²) in [7, 11) is 3.29. The standard InChI is InChI=1S/C15H16O2S/c1-11-4-6-12(7-5-11)18-13-8-9-14(16-2)15(10-13)17-3/h4-10H,1-3H3. The fourth-order valence-corrected chi connectivity index (χ4v) is 2.47. The summed E-state index contributed by atoms with van der Waals surface area (Å²) in [5.74, 6) is 1.51. The Labute approximate surface area is 112 Å². The largest absolute Gasteiger partial charge is 0.493 e. The minimum Gasteiger partial charge on any atom is -0.493 e. The molecule has 0 atom stereocenters. The highest BCUT2D eigenvalue weighted by Crippen LogP contribution is 2.35. The van der Waals surface area contributed by atoms with Crippen molar-refractivity contribution < 1.29 is 9.47 Å². The van der Waals surface area contributed by atoms with E-state index in [1.807, 2.05) is 18.2 Å². The first-order valence-corrected chi connectivity index (χ1v) is 6.51. The Hall–Kier alpha value is -1.61. The Bertz CT molecular complexity index is 521. The molecule has 0 aliphatic carbocycles. The van der Waals surface area contributed by atoms with Gasteiger partial charge in [0.2, 0.25) is 0 Å². The summed E-state index contributed by atoms with van der Waals surface area (Å²) < 4.78 is 10.5. The Morgan fingerprint density at radius 3 is 2.00 bits per heavy atom. The fraction of sp³-hybridized carbons (Fsp3) is 0.200. The third-order valence-electron chi connectivity index (χ3n) is 2.61. The monoisotopic (exact) mass is 260 g/mol. The van der Waals surface area contributed by atoms with Gasteiger partial charge < -0.3 is 9.47 Å². The SMILES string of the molecule is COc1ccc(Sc2ccc(C)cc2)cc1OC. The van der Waals surface area contributed by atoms with Crippen LogP contribution in [0.25, 0.3) is 0 Å². The maximum absolute atomic E-state index is 5.30. The van der Waals surface area contributed by atoms with E-state index in [4.69, 9.17) is 9.47 Å². The molecule has 0 amide bonds. The molecule has 0 unspecified atom stereocenters. The molecular formula is C15H16O2S. The first kappa shape index (κ1) is 12.8. The zero-order valence-electron chi connectivity index (χ0n) is 10.8. The molecule has 2 nitrogen and oxygen atoms in total. The van der Waals surface area contributed by atoms with Gasteiger partial charge in [0, 0.05) is 9.79 Å². The van der Waals surface area contributed by atoms with Gasteiger partial charge >= 0.3 is 0 Å². The summed E-state index contributed by atoms with van der Waals surface area (Å²) in [6, 6.07) is 14.4. The molecule has 18 heavy (non-hydrogen) atoms. The molecule has 0 spiro atoms. The molecule has 2 aromatic carbocycles. The van der Waals surface area contributed by atoms with Gasteiger partial charge in [0.25, 0.3) is 0 Å². The van der Waals surface area contributed by atoms with E-state index in [0.29, 0.717) is 0 Å². The minimum atomic E-state index is 0.755. The van der Waals surface area contributed by atoms with Crippen molar-refractivity contribution in [2.24, 2.45) is 0 Å². The summed E-state index contributed by atoms with van der Waals surface area (Å²) >= 11 is 1.71. The molecule has 0 aliphatic heterocycles. The van der Waals surface area contributed by atoms with Crippen LogP contribution in [0.15, 0.2) is 52.3 Å². The number of methoxy groups -OCH3 is 2. The number of ether oxygens (including phenoxy) is 2. The third-order valence-corrected chi connectivity index (χ3v) is 3.61. The molecule has 0 aliphatic rings. The molecule has 2 aromatic rings. The molecule has 0 saturated carbocycles. The van der Waals surface area contributed by atoms with Gasteiger partial charge in [0.1, 0.15) is 0 Å². The fourth-order valence-electron chi connectivity index (χ4n) is 1.62. The van der Waals surface area contributed by atoms with E-state index in [1.54, 1.807) is 26.0 Å². The van der Waals surface area contributed by atoms with Crippen LogP contribution in [-0.4, -0.2) is 14.2 Å². The third kappa shape index (κ3) is 2.99. The van der Waals surface area contributed by atoms with E-state index >= 15 is 0 Å². The second-order valence-electron chi connectivity index (χ2n) is 3.93. The zero-order valence-corrected chi connectivity index (χ0v) is 11.6. The normalized spacial score (nSPS) is 10.2. The molecule has 94 valence electrons. The molecule has 2 rings (SSSR count). The highest BCUT2D eigenvalue weighted by atomic mass is 32.2. The lowest BCUT2D eigenvalue weighted by Crippen LogP contribution is -1.90. The van der Waals surface area contributed by atoms with E-state index in [0.717, 1.165) is 16.4 Å². The van der Waals surface area contributed by atoms with E-state index < -0.39 is 0 Å². The summed E-state index contributed by atoms with van der Waals surface area (Å²) in [4.78, 5) is 2.35. The lowest BCUT2D eigenvalue weighted by Gasteiger charge is -2.09. The van der Waals surface area contributed by atoms with E-state index in [9.17, 15) is 0 Å². The lowest BCUT2D eigenvalue weighted by atomic mass is 10.2. The number of rotatable bonds is 4. The maximum atomic E-state index is 5.30. The summed E-state index contributed by atoms with van der Waals surface area (Å²) in [6.45, 7) is 2.09. The average Bonchev–Trinajstić information content (AvgIpc) is 2.41. The summed E-state index contributed by atoms with van der Waals surface area (Å²) in [6.07, 6.45) is 0. The molecule has 0 N–H and O–H groups in total. The van der Waals surface area contributed by atoms with Crippen LogP contribution in [0.4, 0.5) is 0 Å². The van der Waals surface area contributed by atoms with Crippen molar-refractivity contribution in [1.29, 1.82) is 0 Å². The lowest BCUT2D eigenvalue weighted by molar-refractivity contribution is 0.354. The van der Waals surface area contributed by atoms with Gasteiger partial charge in [0.15, 0.2) is 11.5 Å². The Kier molecular flexibility index (Phi) is 4.15. The van der Waals surface area contributed by atoms with Crippen molar-refractivity contribution in [3.63, 3.8) is 0 Å². The van der Waals surface area contributed by atoms with Gasteiger partial charge in [-0.25, -0.2) is 0 Å². The minimum absolute atomic E-state index is 0.755. The van der Waals surface area contributed by atoms with Gasteiger partial charge in [-0.3, -0.25) is 0 Å². The first-order chi connectivity index (χ1) is 8.72. The Morgan fingerprint density at radius 1 is 0.778 bits per heavy atom. The van der Waals surface area contributed by atoms with Crippen LogP contribution in [0, 0.1) is 6.92 Å². The molecule has 0 radical (unpaired) electrons. The molecule has 0 heterocycles. The van der Waals surface area contributed by atoms with Crippen molar-refractivity contribution in [3.8, 4) is 11.5 Å². The van der Waals surface area contributed by atoms with Crippen LogP contribution >= 0.6 is 11.8 Å². The first-order valence-electron chi connectivity index (χ1n) is 5.69. The van der Waals surface area contributed by atoms with E-state index in [2.05, 4.69) is 31.2 Å². The van der Waals surface area contributed by atoms with E-state index in [1.165, 1.54) is 10.5 Å². The molecule has 0 fully saturated rings. The molecule has 0 aromatic heterocycles. The molecule has 0 saturated heterocycles. The van der Waals surface area contributed by atoms with Crippen molar-refractivity contribution in [2.75, 3.05) is 14.2 Å². The van der Waals surface area contributed by atoms with Crippen LogP contribution < -0.4 is 9.47 Å². The van der Waals surface area contributed by atoms with Crippen LogP contribution in [-0.2, 0) is 0 Å². The molecule has 3 heteroatoms. The average molecular weight is 260 g/mol. The predicted molar refractivity (Wildman–Crippen MR) is 74.8 cm³/mol. The summed E-state index contributed by atoms with van der Waals surface area (Å²) in [5, 5.41) is 0. The van der Waals surface area contributed by atoms with Gasteiger partial charge in [-0.05, 0) is 37.3 Å². The van der Waals surface area contributed by atoms with Crippen molar-refractivity contribution in [3.05, 3.63) is 48.0 Å². The zero-order chi connectivity index (χ0) is 13.0. The molecular weight excluding hydrogens is 244 g/mol. The number of hydrogen-bond acceptors (Lipinski definition) is 3. The van der Waals surface area contributed by atoms with Gasteiger partial charge in [0.05, 0.1) is 14.2 Å². The van der Waals surface area contributed by atoms with Crippen molar-refractivity contribution >= 4 is 11.8 Å². The Balaban J connectivity index is 2.21. The Morgan fingerprint density at radius 2 is 1.39 bits per heavy atom. The number of hydrogen-bond donors (Lipinski definition) is 0. The van der Waals surface area contributed by atoms with Crippen molar-refractivity contribution in [1.82, 2.24) is 0 Å². The highest BCUT2D eigenvalue weighted by Gasteiger charge is 2.05.